The molecule has 0 aromatic carbocycles. The summed E-state index contributed by atoms with van der Waals surface area (Å²) in [5.41, 5.74) is 0.826. The number of allylic oxidation sites excluding steroid dienone is 1. The number of ether oxygens (including phenoxy) is 1. The second-order valence-corrected chi connectivity index (χ2v) is 10.4. The zero-order chi connectivity index (χ0) is 15.7. The Balaban J connectivity index is 1.55. The molecular weight excluding hydrogens is 291 g/mol. The van der Waals surface area contributed by atoms with Gasteiger partial charge in [-0.1, -0.05) is 47.0 Å². The first-order chi connectivity index (χ1) is 10.5. The van der Waals surface area contributed by atoms with Gasteiger partial charge in [0.25, 0.3) is 0 Å². The second kappa shape index (κ2) is 7.04. The van der Waals surface area contributed by atoms with Crippen LogP contribution in [-0.2, 0) is 4.74 Å². The molecule has 0 amide bonds. The maximum Gasteiger partial charge on any atom is 0.487 e. The van der Waals surface area contributed by atoms with Crippen molar-refractivity contribution in [2.75, 3.05) is 6.16 Å². The van der Waals surface area contributed by atoms with Gasteiger partial charge < -0.3 is 9.53 Å². The highest BCUT2D eigenvalue weighted by atomic mass is 31.1. The van der Waals surface area contributed by atoms with Crippen LogP contribution in [0.5, 0.6) is 0 Å². The van der Waals surface area contributed by atoms with Crippen molar-refractivity contribution in [1.82, 2.24) is 0 Å². The largest absolute Gasteiger partial charge is 0.487 e. The second-order valence-electron chi connectivity index (χ2n) is 8.05. The van der Waals surface area contributed by atoms with Gasteiger partial charge in [-0.2, -0.15) is 0 Å². The van der Waals surface area contributed by atoms with E-state index >= 15 is 0 Å². The normalized spacial score (nSPS) is 40.9. The van der Waals surface area contributed by atoms with E-state index in [9.17, 15) is 4.79 Å². The summed E-state index contributed by atoms with van der Waals surface area (Å²) >= 11 is 0. The minimum atomic E-state index is -0.185. The van der Waals surface area contributed by atoms with Crippen LogP contribution in [0, 0.1) is 23.7 Å². The zero-order valence-electron chi connectivity index (χ0n) is 14.4. The minimum Gasteiger partial charge on any atom is -0.339 e. The molecule has 22 heavy (non-hydrogen) atoms. The van der Waals surface area contributed by atoms with Gasteiger partial charge in [0.1, 0.15) is 6.16 Å². The van der Waals surface area contributed by atoms with Crippen LogP contribution in [0.2, 0.25) is 0 Å². The first kappa shape index (κ1) is 16.5. The molecule has 3 heteroatoms. The SMILES string of the molecule is CC(C)[C@@H]1CC[C@@H](C)C[C@H]1OC(=[OH+])CP1C=C[C@@H]2CCC[C@@H]21. The van der Waals surface area contributed by atoms with Gasteiger partial charge in [0, 0.05) is 12.3 Å². The molecule has 0 radical (unpaired) electrons. The highest BCUT2D eigenvalue weighted by molar-refractivity contribution is 7.62. The quantitative estimate of drug-likeness (QED) is 0.400. The van der Waals surface area contributed by atoms with E-state index in [0.29, 0.717) is 17.8 Å². The van der Waals surface area contributed by atoms with Gasteiger partial charge in [-0.3, -0.25) is 0 Å². The van der Waals surface area contributed by atoms with E-state index < -0.39 is 0 Å². The van der Waals surface area contributed by atoms with E-state index in [2.05, 4.69) is 32.7 Å². The summed E-state index contributed by atoms with van der Waals surface area (Å²) < 4.78 is 6.10. The standard InChI is InChI=1S/C19H31O2P/c1-13(2)16-8-7-14(3)11-17(16)21-19(20)12-22-10-9-15-5-4-6-18(15)22/h9-10,13-18H,4-8,11-12H2,1-3H3/p+1/t14-,15+,16+,17-,18+,22?/m1/s1. The molecule has 0 aromatic heterocycles. The maximum atomic E-state index is 10.4. The molecule has 6 atom stereocenters. The highest BCUT2D eigenvalue weighted by Gasteiger charge is 2.41. The molecular formula is C19H32O2P+. The fraction of sp³-hybridized carbons (Fsp3) is 0.842. The van der Waals surface area contributed by atoms with Gasteiger partial charge in [-0.25, -0.2) is 0 Å². The Labute approximate surface area is 136 Å². The molecule has 2 saturated carbocycles. The molecule has 124 valence electrons. The molecule has 1 aliphatic heterocycles. The summed E-state index contributed by atoms with van der Waals surface area (Å²) in [5.74, 6) is 5.49. The summed E-state index contributed by atoms with van der Waals surface area (Å²) in [6.45, 7) is 6.90. The molecule has 3 rings (SSSR count). The van der Waals surface area contributed by atoms with Crippen LogP contribution in [0.1, 0.15) is 59.3 Å². The Morgan fingerprint density at radius 3 is 2.86 bits per heavy atom. The lowest BCUT2D eigenvalue weighted by atomic mass is 9.75. The average Bonchev–Trinajstić information content (AvgIpc) is 3.03. The molecule has 0 spiro atoms. The lowest BCUT2D eigenvalue weighted by Crippen LogP contribution is -2.36. The van der Waals surface area contributed by atoms with E-state index in [-0.39, 0.29) is 14.0 Å². The molecule has 2 aliphatic carbocycles. The van der Waals surface area contributed by atoms with Crippen LogP contribution in [-0.4, -0.2) is 28.7 Å². The van der Waals surface area contributed by atoms with Crippen LogP contribution in [0.3, 0.4) is 0 Å². The topological polar surface area (TPSA) is 30.6 Å². The number of esters is 1. The van der Waals surface area contributed by atoms with Gasteiger partial charge in [0.05, 0.1) is 0 Å². The molecule has 1 N–H and O–H groups in total. The lowest BCUT2D eigenvalue weighted by Gasteiger charge is -2.32. The van der Waals surface area contributed by atoms with Gasteiger partial charge >= 0.3 is 5.97 Å². The van der Waals surface area contributed by atoms with Gasteiger partial charge in [0.2, 0.25) is 0 Å². The van der Waals surface area contributed by atoms with E-state index in [4.69, 9.17) is 4.74 Å². The van der Waals surface area contributed by atoms with Crippen molar-refractivity contribution in [2.24, 2.45) is 23.7 Å². The molecule has 3 aliphatic rings. The molecule has 1 heterocycles. The zero-order valence-corrected chi connectivity index (χ0v) is 15.3. The summed E-state index contributed by atoms with van der Waals surface area (Å²) in [4.78, 5) is 10.4. The first-order valence-corrected chi connectivity index (χ1v) is 10.9. The van der Waals surface area contributed by atoms with Crippen molar-refractivity contribution < 1.29 is 9.53 Å². The Bertz CT molecular complexity index is 431. The van der Waals surface area contributed by atoms with Crippen molar-refractivity contribution in [1.29, 1.82) is 0 Å². The third-order valence-electron chi connectivity index (χ3n) is 6.05. The Hall–Kier alpha value is -0.360. The Morgan fingerprint density at radius 1 is 1.27 bits per heavy atom. The predicted octanol–water partition coefficient (Wildman–Crippen LogP) is 5.14. The van der Waals surface area contributed by atoms with Crippen LogP contribution >= 0.6 is 7.92 Å². The van der Waals surface area contributed by atoms with Crippen molar-refractivity contribution >= 4 is 13.9 Å². The number of hydrogen-bond donors (Lipinski definition) is 0. The number of fused-ring (bicyclic) bond motifs is 1. The van der Waals surface area contributed by atoms with E-state index in [1.807, 2.05) is 0 Å². The van der Waals surface area contributed by atoms with Crippen LogP contribution < -0.4 is 0 Å². The van der Waals surface area contributed by atoms with Crippen LogP contribution in [0.4, 0.5) is 0 Å². The molecule has 2 fully saturated rings. The molecule has 2 nitrogen and oxygen atoms in total. The Morgan fingerprint density at radius 2 is 2.09 bits per heavy atom. The number of carbonyl (C=O) groups excluding carboxylic acids is 1. The van der Waals surface area contributed by atoms with Crippen molar-refractivity contribution in [2.45, 2.75) is 71.1 Å². The fourth-order valence-electron chi connectivity index (χ4n) is 4.73. The monoisotopic (exact) mass is 323 g/mol. The summed E-state index contributed by atoms with van der Waals surface area (Å²) in [5, 5.41) is 0. The van der Waals surface area contributed by atoms with Crippen LogP contribution in [0.25, 0.3) is 0 Å². The van der Waals surface area contributed by atoms with Gasteiger partial charge in [-0.05, 0) is 49.1 Å². The van der Waals surface area contributed by atoms with Crippen molar-refractivity contribution in [3.05, 3.63) is 11.9 Å². The lowest BCUT2D eigenvalue weighted by molar-refractivity contribution is 0.0296. The average molecular weight is 323 g/mol. The summed E-state index contributed by atoms with van der Waals surface area (Å²) in [6.07, 6.45) is 11.2. The predicted molar refractivity (Wildman–Crippen MR) is 95.2 cm³/mol. The first-order valence-electron chi connectivity index (χ1n) is 9.20. The minimum absolute atomic E-state index is 0.185. The molecule has 0 bridgehead atoms. The Kier molecular flexibility index (Phi) is 5.28. The molecule has 0 saturated heterocycles. The summed E-state index contributed by atoms with van der Waals surface area (Å²) in [7, 11) is -0.185. The fourth-order valence-corrected chi connectivity index (χ4v) is 7.37. The van der Waals surface area contributed by atoms with E-state index in [1.54, 1.807) is 0 Å². The van der Waals surface area contributed by atoms with Crippen molar-refractivity contribution in [3.63, 3.8) is 0 Å². The van der Waals surface area contributed by atoms with Crippen molar-refractivity contribution in [3.8, 4) is 0 Å². The third kappa shape index (κ3) is 3.58. The van der Waals surface area contributed by atoms with E-state index in [1.165, 1.54) is 32.1 Å². The maximum absolute atomic E-state index is 10.4. The number of hydrogen-bond acceptors (Lipinski definition) is 1. The van der Waals surface area contributed by atoms with Crippen LogP contribution in [0.15, 0.2) is 11.9 Å². The number of rotatable bonds is 4. The summed E-state index contributed by atoms with van der Waals surface area (Å²) in [6, 6.07) is 0. The molecule has 0 aromatic rings. The third-order valence-corrected chi connectivity index (χ3v) is 8.73. The smallest absolute Gasteiger partial charge is 0.339 e. The van der Waals surface area contributed by atoms with Gasteiger partial charge in [0.15, 0.2) is 6.10 Å². The highest BCUT2D eigenvalue weighted by Crippen LogP contribution is 2.57. The van der Waals surface area contributed by atoms with E-state index in [0.717, 1.165) is 30.1 Å². The molecule has 1 unspecified atom stereocenters. The van der Waals surface area contributed by atoms with Gasteiger partial charge in [-0.15, -0.1) is 0 Å².